The van der Waals surface area contributed by atoms with Crippen molar-refractivity contribution in [3.63, 3.8) is 0 Å². The van der Waals surface area contributed by atoms with Gasteiger partial charge in [-0.2, -0.15) is 0 Å². The smallest absolute Gasteiger partial charge is 0.407 e. The van der Waals surface area contributed by atoms with Crippen LogP contribution in [0.1, 0.15) is 72.1 Å². The van der Waals surface area contributed by atoms with Crippen LogP contribution >= 0.6 is 0 Å². The molecule has 4 N–H and O–H groups in total. The molecule has 2 saturated carbocycles. The molecule has 0 aromatic heterocycles. The molecule has 0 aromatic carbocycles. The highest BCUT2D eigenvalue weighted by atomic mass is 16.6. The Morgan fingerprint density at radius 2 is 1.91 bits per heavy atom. The van der Waals surface area contributed by atoms with E-state index in [1.165, 1.54) is 0 Å². The fourth-order valence-corrected chi connectivity index (χ4v) is 6.84. The Labute approximate surface area is 191 Å². The number of amides is 2. The first-order valence-corrected chi connectivity index (χ1v) is 12.3. The van der Waals surface area contributed by atoms with Crippen LogP contribution < -0.4 is 5.32 Å². The highest BCUT2D eigenvalue weighted by molar-refractivity contribution is 5.77. The van der Waals surface area contributed by atoms with Gasteiger partial charge in [-0.05, 0) is 62.2 Å². The van der Waals surface area contributed by atoms with Crippen molar-refractivity contribution >= 4 is 12.0 Å². The van der Waals surface area contributed by atoms with E-state index < -0.39 is 23.7 Å². The van der Waals surface area contributed by atoms with Gasteiger partial charge in [-0.15, -0.1) is 0 Å². The molecule has 1 saturated heterocycles. The minimum atomic E-state index is -0.640. The van der Waals surface area contributed by atoms with Crippen molar-refractivity contribution in [3.05, 3.63) is 0 Å². The molecule has 8 heteroatoms. The molecule has 0 aromatic rings. The van der Waals surface area contributed by atoms with Crippen molar-refractivity contribution < 1.29 is 29.6 Å². The fourth-order valence-electron chi connectivity index (χ4n) is 6.84. The number of hydrogen-bond acceptors (Lipinski definition) is 6. The van der Waals surface area contributed by atoms with E-state index in [0.717, 1.165) is 32.1 Å². The van der Waals surface area contributed by atoms with Crippen LogP contribution in [-0.4, -0.2) is 76.8 Å². The van der Waals surface area contributed by atoms with E-state index in [0.29, 0.717) is 25.9 Å². The standard InChI is InChI=1S/C24H42N2O6/c1-4-11-25-22(31)32-20-9-10-23(2)17(13-21(30)26-12-5-6-16(26)14-27)18(29)7-8-19(23)24(20,3)15-28/h16-20,27-29H,4-15H2,1-3H3,(H,25,31)/t16-,17+,18+,19+,20+,23-,24-/m0/s1. The zero-order chi connectivity index (χ0) is 23.5. The number of carbonyl (C=O) groups excluding carboxylic acids is 2. The van der Waals surface area contributed by atoms with Gasteiger partial charge in [0.1, 0.15) is 6.10 Å². The van der Waals surface area contributed by atoms with E-state index in [1.807, 2.05) is 13.8 Å². The maximum Gasteiger partial charge on any atom is 0.407 e. The molecule has 0 radical (unpaired) electrons. The van der Waals surface area contributed by atoms with Gasteiger partial charge in [-0.25, -0.2) is 4.79 Å². The number of fused-ring (bicyclic) bond motifs is 1. The van der Waals surface area contributed by atoms with Gasteiger partial charge in [0.15, 0.2) is 0 Å². The molecule has 0 spiro atoms. The molecule has 1 heterocycles. The van der Waals surface area contributed by atoms with Crippen molar-refractivity contribution in [1.82, 2.24) is 10.2 Å². The molecule has 7 atom stereocenters. The van der Waals surface area contributed by atoms with Crippen LogP contribution in [0.3, 0.4) is 0 Å². The second-order valence-electron chi connectivity index (χ2n) is 10.6. The monoisotopic (exact) mass is 454 g/mol. The molecule has 0 bridgehead atoms. The number of ether oxygens (including phenoxy) is 1. The van der Waals surface area contributed by atoms with E-state index in [9.17, 15) is 24.9 Å². The molecule has 8 nitrogen and oxygen atoms in total. The lowest BCUT2D eigenvalue weighted by Crippen LogP contribution is -2.61. The molecular formula is C24H42N2O6. The Bertz CT molecular complexity index is 675. The molecule has 0 unspecified atom stereocenters. The van der Waals surface area contributed by atoms with Gasteiger partial charge < -0.3 is 30.3 Å². The third-order valence-corrected chi connectivity index (χ3v) is 8.75. The number of rotatable bonds is 7. The topological polar surface area (TPSA) is 119 Å². The third kappa shape index (κ3) is 4.64. The summed E-state index contributed by atoms with van der Waals surface area (Å²) in [5.74, 6) is -0.212. The lowest BCUT2D eigenvalue weighted by Gasteiger charge is -2.60. The summed E-state index contributed by atoms with van der Waals surface area (Å²) >= 11 is 0. The Kier molecular flexibility index (Phi) is 8.10. The zero-order valence-electron chi connectivity index (χ0n) is 19.9. The van der Waals surface area contributed by atoms with Crippen LogP contribution in [0.25, 0.3) is 0 Å². The van der Waals surface area contributed by atoms with Crippen LogP contribution in [0.5, 0.6) is 0 Å². The fraction of sp³-hybridized carbons (Fsp3) is 0.917. The summed E-state index contributed by atoms with van der Waals surface area (Å²) in [6.07, 6.45) is 3.92. The Morgan fingerprint density at radius 3 is 2.56 bits per heavy atom. The summed E-state index contributed by atoms with van der Waals surface area (Å²) in [6, 6.07) is -0.125. The molecule has 1 aliphatic heterocycles. The summed E-state index contributed by atoms with van der Waals surface area (Å²) < 4.78 is 5.77. The van der Waals surface area contributed by atoms with Crippen LogP contribution in [0, 0.1) is 22.7 Å². The van der Waals surface area contributed by atoms with Gasteiger partial charge >= 0.3 is 6.09 Å². The molecule has 32 heavy (non-hydrogen) atoms. The van der Waals surface area contributed by atoms with Crippen LogP contribution in [0.15, 0.2) is 0 Å². The predicted molar refractivity (Wildman–Crippen MR) is 120 cm³/mol. The normalized spacial score (nSPS) is 39.4. The lowest BCUT2D eigenvalue weighted by molar-refractivity contribution is -0.187. The highest BCUT2D eigenvalue weighted by Gasteiger charge is 2.60. The van der Waals surface area contributed by atoms with E-state index in [4.69, 9.17) is 4.74 Å². The molecule has 3 fully saturated rings. The Morgan fingerprint density at radius 1 is 1.16 bits per heavy atom. The second kappa shape index (κ2) is 10.3. The minimum Gasteiger partial charge on any atom is -0.446 e. The van der Waals surface area contributed by atoms with Crippen molar-refractivity contribution in [3.8, 4) is 0 Å². The lowest BCUT2D eigenvalue weighted by atomic mass is 9.46. The number of likely N-dealkylation sites (tertiary alicyclic amines) is 1. The van der Waals surface area contributed by atoms with E-state index in [1.54, 1.807) is 4.90 Å². The number of alkyl carbamates (subject to hydrolysis) is 1. The number of carbonyl (C=O) groups is 2. The molecule has 3 rings (SSSR count). The van der Waals surface area contributed by atoms with Gasteiger partial charge in [0, 0.05) is 24.9 Å². The SMILES string of the molecule is CCCNC(=O)O[C@@H]1CC[C@]2(C)[C@@H](CC[C@@H](O)[C@H]2CC(=O)N2CCC[C@H]2CO)[C@]1(C)CO. The van der Waals surface area contributed by atoms with E-state index in [2.05, 4.69) is 12.2 Å². The summed E-state index contributed by atoms with van der Waals surface area (Å²) in [5, 5.41) is 33.8. The predicted octanol–water partition coefficient (Wildman–Crippen LogP) is 2.05. The second-order valence-corrected chi connectivity index (χ2v) is 10.6. The van der Waals surface area contributed by atoms with Gasteiger partial charge in [0.2, 0.25) is 5.91 Å². The summed E-state index contributed by atoms with van der Waals surface area (Å²) in [4.78, 5) is 27.2. The maximum atomic E-state index is 13.2. The van der Waals surface area contributed by atoms with Crippen molar-refractivity contribution in [2.24, 2.45) is 22.7 Å². The number of nitrogens with one attached hydrogen (secondary N) is 1. The van der Waals surface area contributed by atoms with E-state index >= 15 is 0 Å². The zero-order valence-corrected chi connectivity index (χ0v) is 19.9. The average molecular weight is 455 g/mol. The maximum absolute atomic E-state index is 13.2. The van der Waals surface area contributed by atoms with Gasteiger partial charge in [0.25, 0.3) is 0 Å². The number of aliphatic hydroxyl groups is 3. The number of nitrogens with zero attached hydrogens (tertiary/aromatic N) is 1. The molecular weight excluding hydrogens is 412 g/mol. The molecule has 2 aliphatic carbocycles. The van der Waals surface area contributed by atoms with Crippen LogP contribution in [0.2, 0.25) is 0 Å². The van der Waals surface area contributed by atoms with Gasteiger partial charge in [0.05, 0.1) is 25.4 Å². The van der Waals surface area contributed by atoms with Crippen LogP contribution in [0.4, 0.5) is 4.79 Å². The third-order valence-electron chi connectivity index (χ3n) is 8.75. The van der Waals surface area contributed by atoms with Crippen molar-refractivity contribution in [2.45, 2.75) is 90.4 Å². The minimum absolute atomic E-state index is 0.00417. The van der Waals surface area contributed by atoms with Crippen molar-refractivity contribution in [1.29, 1.82) is 0 Å². The molecule has 184 valence electrons. The first-order valence-electron chi connectivity index (χ1n) is 12.3. The summed E-state index contributed by atoms with van der Waals surface area (Å²) in [5.41, 5.74) is -0.988. The first-order chi connectivity index (χ1) is 15.2. The summed E-state index contributed by atoms with van der Waals surface area (Å²) in [7, 11) is 0. The number of aliphatic hydroxyl groups excluding tert-OH is 3. The number of hydrogen-bond donors (Lipinski definition) is 4. The van der Waals surface area contributed by atoms with Gasteiger partial charge in [-0.3, -0.25) is 4.79 Å². The largest absolute Gasteiger partial charge is 0.446 e. The highest BCUT2D eigenvalue weighted by Crippen LogP contribution is 2.61. The molecule has 2 amide bonds. The quantitative estimate of drug-likeness (QED) is 0.467. The van der Waals surface area contributed by atoms with Crippen molar-refractivity contribution in [2.75, 3.05) is 26.3 Å². The van der Waals surface area contributed by atoms with Crippen LogP contribution in [-0.2, 0) is 9.53 Å². The van der Waals surface area contributed by atoms with Gasteiger partial charge in [-0.1, -0.05) is 20.8 Å². The first kappa shape index (κ1) is 25.2. The Balaban J connectivity index is 1.79. The Hall–Kier alpha value is -1.38. The molecule has 3 aliphatic rings. The summed E-state index contributed by atoms with van der Waals surface area (Å²) in [6.45, 7) is 7.14. The average Bonchev–Trinajstić information content (AvgIpc) is 3.26. The van der Waals surface area contributed by atoms with E-state index in [-0.39, 0.29) is 48.8 Å².